The highest BCUT2D eigenvalue weighted by atomic mass is 79.9. The van der Waals surface area contributed by atoms with E-state index >= 15 is 0 Å². The van der Waals surface area contributed by atoms with Crippen molar-refractivity contribution >= 4 is 33.3 Å². The molecule has 0 fully saturated rings. The van der Waals surface area contributed by atoms with E-state index in [1.54, 1.807) is 0 Å². The maximum atomic E-state index is 3.47. The van der Waals surface area contributed by atoms with Crippen LogP contribution >= 0.6 is 27.3 Å². The Morgan fingerprint density at radius 2 is 2.36 bits per heavy atom. The fourth-order valence-corrected chi connectivity index (χ4v) is 2.39. The van der Waals surface area contributed by atoms with Gasteiger partial charge in [0, 0.05) is 15.8 Å². The third-order valence-corrected chi connectivity index (χ3v) is 3.11. The molecule has 0 aliphatic heterocycles. The molecule has 1 aromatic heterocycles. The van der Waals surface area contributed by atoms with Crippen molar-refractivity contribution in [3.8, 4) is 0 Å². The summed E-state index contributed by atoms with van der Waals surface area (Å²) in [7, 11) is 0. The highest BCUT2D eigenvalue weighted by molar-refractivity contribution is 9.12. The second kappa shape index (κ2) is 2.95. The van der Waals surface area contributed by atoms with Gasteiger partial charge in [-0.2, -0.15) is 0 Å². The van der Waals surface area contributed by atoms with E-state index in [0.717, 1.165) is 10.9 Å². The van der Waals surface area contributed by atoms with Crippen LogP contribution in [0.2, 0.25) is 0 Å². The molecular formula is C9H7BrS. The van der Waals surface area contributed by atoms with Crippen molar-refractivity contribution in [1.29, 1.82) is 0 Å². The molecule has 0 atom stereocenters. The first-order valence-electron chi connectivity index (χ1n) is 3.46. The molecule has 2 rings (SSSR count). The van der Waals surface area contributed by atoms with Gasteiger partial charge in [0.15, 0.2) is 0 Å². The molecule has 1 aromatic rings. The van der Waals surface area contributed by atoms with Crippen LogP contribution in [0.25, 0.3) is 6.08 Å². The predicted octanol–water partition coefficient (Wildman–Crippen LogP) is 3.60. The molecule has 0 unspecified atom stereocenters. The highest BCUT2D eigenvalue weighted by Crippen LogP contribution is 2.25. The number of thiophene rings is 1. The molecule has 1 heterocycles. The first-order valence-corrected chi connectivity index (χ1v) is 5.13. The normalized spacial score (nSPS) is 15.5. The highest BCUT2D eigenvalue weighted by Gasteiger charge is 2.02. The summed E-state index contributed by atoms with van der Waals surface area (Å²) in [4.78, 5) is 1.45. The standard InChI is InChI=1S/C9H7BrS/c10-8-2-1-3-9-7(6-8)4-5-11-9/h1-2,4-6H,3H2. The van der Waals surface area contributed by atoms with Gasteiger partial charge in [0.2, 0.25) is 0 Å². The third-order valence-electron chi connectivity index (χ3n) is 1.65. The van der Waals surface area contributed by atoms with Crippen LogP contribution in [0.5, 0.6) is 0 Å². The minimum Gasteiger partial charge on any atom is -0.148 e. The minimum atomic E-state index is 1.07. The van der Waals surface area contributed by atoms with E-state index in [0.29, 0.717) is 0 Å². The largest absolute Gasteiger partial charge is 0.148 e. The molecule has 1 aliphatic carbocycles. The van der Waals surface area contributed by atoms with Crippen LogP contribution in [0.1, 0.15) is 10.4 Å². The van der Waals surface area contributed by atoms with Crippen molar-refractivity contribution in [2.24, 2.45) is 0 Å². The van der Waals surface area contributed by atoms with Crippen LogP contribution in [0.4, 0.5) is 0 Å². The molecule has 0 nitrogen and oxygen atoms in total. The first-order chi connectivity index (χ1) is 5.36. The van der Waals surface area contributed by atoms with Crippen molar-refractivity contribution < 1.29 is 0 Å². The lowest BCUT2D eigenvalue weighted by molar-refractivity contribution is 1.34. The Morgan fingerprint density at radius 1 is 1.45 bits per heavy atom. The number of allylic oxidation sites excluding steroid dienone is 3. The maximum Gasteiger partial charge on any atom is 0.0178 e. The van der Waals surface area contributed by atoms with Gasteiger partial charge in [-0.1, -0.05) is 28.1 Å². The molecule has 2 heteroatoms. The van der Waals surface area contributed by atoms with E-state index in [1.807, 2.05) is 11.3 Å². The number of fused-ring (bicyclic) bond motifs is 1. The Labute approximate surface area is 78.4 Å². The zero-order valence-corrected chi connectivity index (χ0v) is 8.28. The summed E-state index contributed by atoms with van der Waals surface area (Å²) >= 11 is 5.30. The summed E-state index contributed by atoms with van der Waals surface area (Å²) in [5.41, 5.74) is 1.35. The summed E-state index contributed by atoms with van der Waals surface area (Å²) in [6.45, 7) is 0. The van der Waals surface area contributed by atoms with Crippen LogP contribution in [-0.4, -0.2) is 0 Å². The molecule has 1 aliphatic rings. The zero-order valence-electron chi connectivity index (χ0n) is 5.88. The molecule has 0 radical (unpaired) electrons. The van der Waals surface area contributed by atoms with E-state index < -0.39 is 0 Å². The van der Waals surface area contributed by atoms with Gasteiger partial charge in [-0.3, -0.25) is 0 Å². The van der Waals surface area contributed by atoms with Crippen LogP contribution in [0, 0.1) is 0 Å². The number of hydrogen-bond donors (Lipinski definition) is 0. The monoisotopic (exact) mass is 226 g/mol. The van der Waals surface area contributed by atoms with Gasteiger partial charge in [-0.25, -0.2) is 0 Å². The molecule has 56 valence electrons. The molecule has 0 N–H and O–H groups in total. The third kappa shape index (κ3) is 1.47. The molecule has 0 saturated carbocycles. The van der Waals surface area contributed by atoms with Crippen molar-refractivity contribution in [3.63, 3.8) is 0 Å². The summed E-state index contributed by atoms with van der Waals surface area (Å²) in [6, 6.07) is 2.16. The molecule has 0 spiro atoms. The molecule has 0 bridgehead atoms. The van der Waals surface area contributed by atoms with Crippen LogP contribution < -0.4 is 0 Å². The number of hydrogen-bond acceptors (Lipinski definition) is 1. The fourth-order valence-electron chi connectivity index (χ4n) is 1.12. The van der Waals surface area contributed by atoms with Gasteiger partial charge < -0.3 is 0 Å². The van der Waals surface area contributed by atoms with Crippen LogP contribution in [0.3, 0.4) is 0 Å². The van der Waals surface area contributed by atoms with Crippen LogP contribution in [0.15, 0.2) is 28.1 Å². The SMILES string of the molecule is BrC1=Cc2ccsc2CC=C1. The Kier molecular flexibility index (Phi) is 1.96. The topological polar surface area (TPSA) is 0 Å². The van der Waals surface area contributed by atoms with E-state index in [9.17, 15) is 0 Å². The van der Waals surface area contributed by atoms with E-state index in [2.05, 4.69) is 45.6 Å². The smallest absolute Gasteiger partial charge is 0.0178 e. The molecule has 0 amide bonds. The Hall–Kier alpha value is -0.340. The zero-order chi connectivity index (χ0) is 7.68. The Bertz CT molecular complexity index is 320. The van der Waals surface area contributed by atoms with Crippen molar-refractivity contribution in [1.82, 2.24) is 0 Å². The van der Waals surface area contributed by atoms with Gasteiger partial charge >= 0.3 is 0 Å². The van der Waals surface area contributed by atoms with Crippen LogP contribution in [-0.2, 0) is 6.42 Å². The Balaban J connectivity index is 2.52. The number of rotatable bonds is 0. The second-order valence-electron chi connectivity index (χ2n) is 2.43. The van der Waals surface area contributed by atoms with Gasteiger partial charge in [-0.05, 0) is 23.1 Å². The lowest BCUT2D eigenvalue weighted by atomic mass is 10.2. The predicted molar refractivity (Wildman–Crippen MR) is 54.1 cm³/mol. The average Bonchev–Trinajstić information content (AvgIpc) is 2.31. The summed E-state index contributed by atoms with van der Waals surface area (Å²) in [5, 5.41) is 2.14. The maximum absolute atomic E-state index is 3.47. The van der Waals surface area contributed by atoms with Crippen molar-refractivity contribution in [3.05, 3.63) is 38.5 Å². The Morgan fingerprint density at radius 3 is 3.27 bits per heavy atom. The lowest BCUT2D eigenvalue weighted by Crippen LogP contribution is -1.74. The molecular weight excluding hydrogens is 220 g/mol. The van der Waals surface area contributed by atoms with Gasteiger partial charge in [0.1, 0.15) is 0 Å². The summed E-state index contributed by atoms with van der Waals surface area (Å²) in [6.07, 6.45) is 7.52. The molecule has 0 saturated heterocycles. The summed E-state index contributed by atoms with van der Waals surface area (Å²) < 4.78 is 1.16. The van der Waals surface area contributed by atoms with Gasteiger partial charge in [0.25, 0.3) is 0 Å². The number of halogens is 1. The van der Waals surface area contributed by atoms with Gasteiger partial charge in [0.05, 0.1) is 0 Å². The second-order valence-corrected chi connectivity index (χ2v) is 4.35. The lowest BCUT2D eigenvalue weighted by Gasteiger charge is -1.89. The fraction of sp³-hybridized carbons (Fsp3) is 0.111. The average molecular weight is 227 g/mol. The molecule has 0 aromatic carbocycles. The quantitative estimate of drug-likeness (QED) is 0.635. The van der Waals surface area contributed by atoms with Crippen molar-refractivity contribution in [2.75, 3.05) is 0 Å². The van der Waals surface area contributed by atoms with E-state index in [4.69, 9.17) is 0 Å². The van der Waals surface area contributed by atoms with E-state index in [-0.39, 0.29) is 0 Å². The van der Waals surface area contributed by atoms with Gasteiger partial charge in [-0.15, -0.1) is 11.3 Å². The van der Waals surface area contributed by atoms with E-state index in [1.165, 1.54) is 10.4 Å². The van der Waals surface area contributed by atoms with Crippen molar-refractivity contribution in [2.45, 2.75) is 6.42 Å². The molecule has 11 heavy (non-hydrogen) atoms. The summed E-state index contributed by atoms with van der Waals surface area (Å²) in [5.74, 6) is 0. The minimum absolute atomic E-state index is 1.07. The first kappa shape index (κ1) is 7.32.